The molecule has 0 bridgehead atoms. The molecule has 0 N–H and O–H groups in total. The Hall–Kier alpha value is -12.1. The molecule has 454 valence electrons. The van der Waals surface area contributed by atoms with Crippen molar-refractivity contribution in [3.63, 3.8) is 0 Å². The second kappa shape index (κ2) is 24.1. The lowest BCUT2D eigenvalue weighted by Gasteiger charge is -2.29. The average Bonchev–Trinajstić information content (AvgIpc) is 0.719. The highest BCUT2D eigenvalue weighted by atomic mass is 15.2. The quantitative estimate of drug-likeness (QED) is 0.113. The largest absolute Gasteiger partial charge is 0.309 e. The number of rotatable bonds is 12. The van der Waals surface area contributed by atoms with Crippen LogP contribution >= 0.6 is 0 Å². The highest BCUT2D eigenvalue weighted by Gasteiger charge is 2.25. The van der Waals surface area contributed by atoms with E-state index in [2.05, 4.69) is 377 Å². The van der Waals surface area contributed by atoms with Gasteiger partial charge in [-0.1, -0.05) is 289 Å². The van der Waals surface area contributed by atoms with E-state index in [1.165, 1.54) is 132 Å². The van der Waals surface area contributed by atoms with Gasteiger partial charge in [-0.25, -0.2) is 0 Å². The Morgan fingerprint density at radius 2 is 0.375 bits per heavy atom. The van der Waals surface area contributed by atoms with Gasteiger partial charge in [0.05, 0.1) is 11.4 Å². The smallest absolute Gasteiger partial charge is 0.0618 e. The number of hydrogen-bond donors (Lipinski definition) is 0. The van der Waals surface area contributed by atoms with E-state index in [1.807, 2.05) is 0 Å². The first-order chi connectivity index (χ1) is 47.2. The maximum atomic E-state index is 2.45. The third-order valence-corrected chi connectivity index (χ3v) is 19.6. The van der Waals surface area contributed by atoms with E-state index >= 15 is 0 Å². The second-order valence-electron chi connectivity index (χ2n) is 25.9. The van der Waals surface area contributed by atoms with Crippen molar-refractivity contribution in [1.82, 2.24) is 0 Å². The summed E-state index contributed by atoms with van der Waals surface area (Å²) in [7, 11) is 0. The third-order valence-electron chi connectivity index (χ3n) is 19.6. The SMILES string of the molecule is Cc1ccc(N(c2ccc(C)cc2)c2c3ccccc3c(-c3ccc(-c4cc(-c5ccc(-c6c7ccccc7cc7ccccc67)cc5)cc(-c5ccc(-c6c7ccccc7c(N(c7ccc(C)cc7)c7ccc(C)cc7)c7ccccc67)cc5)c4)cc3)c3ccccc23)cc1. The van der Waals surface area contributed by atoms with Gasteiger partial charge in [0.25, 0.3) is 0 Å². The normalized spacial score (nSPS) is 11.5. The van der Waals surface area contributed by atoms with Gasteiger partial charge in [0.15, 0.2) is 0 Å². The zero-order chi connectivity index (χ0) is 64.4. The van der Waals surface area contributed by atoms with Crippen molar-refractivity contribution in [3.05, 3.63) is 362 Å². The molecule has 0 saturated carbocycles. The monoisotopic (exact) mass is 1220 g/mol. The summed E-state index contributed by atoms with van der Waals surface area (Å²) in [5, 5.41) is 14.6. The molecule has 0 aliphatic rings. The van der Waals surface area contributed by atoms with Crippen LogP contribution in [0.15, 0.2) is 340 Å². The van der Waals surface area contributed by atoms with Crippen molar-refractivity contribution in [1.29, 1.82) is 0 Å². The first kappa shape index (κ1) is 57.8. The van der Waals surface area contributed by atoms with E-state index in [4.69, 9.17) is 0 Å². The van der Waals surface area contributed by atoms with Crippen LogP contribution in [0, 0.1) is 27.7 Å². The van der Waals surface area contributed by atoms with Gasteiger partial charge in [0.2, 0.25) is 0 Å². The molecule has 17 aromatic carbocycles. The summed E-state index contributed by atoms with van der Waals surface area (Å²) >= 11 is 0. The van der Waals surface area contributed by atoms with Crippen LogP contribution in [-0.2, 0) is 0 Å². The van der Waals surface area contributed by atoms with Gasteiger partial charge in [-0.15, -0.1) is 0 Å². The first-order valence-electron chi connectivity index (χ1n) is 33.4. The first-order valence-corrected chi connectivity index (χ1v) is 33.4. The zero-order valence-corrected chi connectivity index (χ0v) is 54.2. The molecule has 0 heterocycles. The van der Waals surface area contributed by atoms with Gasteiger partial charge in [0.1, 0.15) is 0 Å². The van der Waals surface area contributed by atoms with Crippen LogP contribution in [0.5, 0.6) is 0 Å². The Morgan fingerprint density at radius 3 is 0.635 bits per heavy atom. The van der Waals surface area contributed by atoms with Gasteiger partial charge in [-0.3, -0.25) is 0 Å². The fourth-order valence-electron chi connectivity index (χ4n) is 14.8. The van der Waals surface area contributed by atoms with Gasteiger partial charge in [0, 0.05) is 44.3 Å². The molecule has 0 unspecified atom stereocenters. The fourth-order valence-corrected chi connectivity index (χ4v) is 14.8. The Kier molecular flexibility index (Phi) is 14.5. The second-order valence-corrected chi connectivity index (χ2v) is 25.9. The summed E-state index contributed by atoms with van der Waals surface area (Å²) in [6.45, 7) is 8.62. The molecular weight excluding hydrogens is 1160 g/mol. The van der Waals surface area contributed by atoms with E-state index in [0.717, 1.165) is 56.1 Å². The topological polar surface area (TPSA) is 6.48 Å². The summed E-state index contributed by atoms with van der Waals surface area (Å²) in [6, 6.07) is 127. The zero-order valence-electron chi connectivity index (χ0n) is 54.2. The number of fused-ring (bicyclic) bond motifs is 6. The molecule has 0 spiro atoms. The molecule has 2 nitrogen and oxygen atoms in total. The lowest BCUT2D eigenvalue weighted by atomic mass is 9.87. The van der Waals surface area contributed by atoms with Crippen molar-refractivity contribution in [2.45, 2.75) is 27.7 Å². The van der Waals surface area contributed by atoms with Crippen molar-refractivity contribution >= 4 is 98.8 Å². The lowest BCUT2D eigenvalue weighted by Crippen LogP contribution is -2.11. The van der Waals surface area contributed by atoms with Crippen molar-refractivity contribution in [2.24, 2.45) is 0 Å². The van der Waals surface area contributed by atoms with Crippen molar-refractivity contribution < 1.29 is 0 Å². The Labute approximate surface area is 561 Å². The number of anilines is 6. The fraction of sp³-hybridized carbons (Fsp3) is 0.0426. The minimum absolute atomic E-state index is 1.12. The van der Waals surface area contributed by atoms with Crippen LogP contribution in [0.4, 0.5) is 34.1 Å². The van der Waals surface area contributed by atoms with Crippen LogP contribution < -0.4 is 9.80 Å². The number of aryl methyl sites for hydroxylation is 4. The molecule has 0 aliphatic heterocycles. The van der Waals surface area contributed by atoms with Crippen LogP contribution in [0.1, 0.15) is 22.3 Å². The molecule has 17 aromatic rings. The van der Waals surface area contributed by atoms with Gasteiger partial charge < -0.3 is 9.80 Å². The maximum absolute atomic E-state index is 2.45. The number of hydrogen-bond acceptors (Lipinski definition) is 2. The summed E-state index contributed by atoms with van der Waals surface area (Å²) in [6.07, 6.45) is 0. The molecule has 0 amide bonds. The van der Waals surface area contributed by atoms with E-state index in [-0.39, 0.29) is 0 Å². The number of benzene rings is 17. The summed E-state index contributed by atoms with van der Waals surface area (Å²) in [4.78, 5) is 4.89. The van der Waals surface area contributed by atoms with Gasteiger partial charge in [-0.05, 0) is 210 Å². The molecule has 0 radical (unpaired) electrons. The summed E-state index contributed by atoms with van der Waals surface area (Å²) in [5.41, 5.74) is 25.9. The standard InChI is InChI=1S/C94H68N2/c1-61-29-49-76(50-30-61)95(77-51-31-62(2)32-52-77)93-86-25-13-9-21-82(86)91(83-22-10-14-26-87(83)93)69-45-39-66(40-46-69)74-58-73(65-37-43-68(44-38-65)90-80-19-7-5-17-71(80)57-72-18-6-8-20-81(72)90)59-75(60-74)67-41-47-70(48-42-67)92-84-23-11-15-27-88(84)94(89-28-16-12-24-85(89)92)96(78-53-33-63(3)34-54-78)79-55-35-64(4)36-56-79/h5-60H,1-4H3. The highest BCUT2D eigenvalue weighted by Crippen LogP contribution is 2.51. The molecule has 0 atom stereocenters. The van der Waals surface area contributed by atoms with Crippen LogP contribution in [0.25, 0.3) is 131 Å². The maximum Gasteiger partial charge on any atom is 0.0618 e. The van der Waals surface area contributed by atoms with Gasteiger partial charge in [-0.2, -0.15) is 0 Å². The highest BCUT2D eigenvalue weighted by molar-refractivity contribution is 6.24. The minimum Gasteiger partial charge on any atom is -0.309 e. The van der Waals surface area contributed by atoms with E-state index < -0.39 is 0 Å². The minimum atomic E-state index is 1.12. The van der Waals surface area contributed by atoms with E-state index in [0.29, 0.717) is 0 Å². The van der Waals surface area contributed by atoms with Crippen molar-refractivity contribution in [3.8, 4) is 66.8 Å². The summed E-state index contributed by atoms with van der Waals surface area (Å²) in [5.74, 6) is 0. The molecule has 0 fully saturated rings. The predicted octanol–water partition coefficient (Wildman–Crippen LogP) is 26.8. The Morgan fingerprint density at radius 1 is 0.167 bits per heavy atom. The molecule has 17 rings (SSSR count). The van der Waals surface area contributed by atoms with E-state index in [9.17, 15) is 0 Å². The average molecular weight is 1230 g/mol. The lowest BCUT2D eigenvalue weighted by molar-refractivity contribution is 1.29. The van der Waals surface area contributed by atoms with Crippen LogP contribution in [0.2, 0.25) is 0 Å². The summed E-state index contributed by atoms with van der Waals surface area (Å²) < 4.78 is 0. The third kappa shape index (κ3) is 10.3. The predicted molar refractivity (Wildman–Crippen MR) is 412 cm³/mol. The molecule has 0 saturated heterocycles. The Balaban J connectivity index is 0.801. The Bertz CT molecular complexity index is 5270. The molecule has 0 aromatic heterocycles. The number of nitrogens with zero attached hydrogens (tertiary/aromatic N) is 2. The molecule has 96 heavy (non-hydrogen) atoms. The van der Waals surface area contributed by atoms with Crippen LogP contribution in [0.3, 0.4) is 0 Å². The van der Waals surface area contributed by atoms with Gasteiger partial charge >= 0.3 is 0 Å². The van der Waals surface area contributed by atoms with E-state index in [1.54, 1.807) is 0 Å². The molecule has 2 heteroatoms. The molecule has 0 aliphatic carbocycles. The van der Waals surface area contributed by atoms with Crippen LogP contribution in [-0.4, -0.2) is 0 Å². The molecular formula is C94H68N2. The van der Waals surface area contributed by atoms with Crippen molar-refractivity contribution in [2.75, 3.05) is 9.80 Å².